The molecule has 1 amide bonds. The average Bonchev–Trinajstić information content (AvgIpc) is 2.59. The third-order valence-corrected chi connectivity index (χ3v) is 3.98. The summed E-state index contributed by atoms with van der Waals surface area (Å²) in [5, 5.41) is 7.07. The van der Waals surface area contributed by atoms with E-state index in [4.69, 9.17) is 23.2 Å². The predicted octanol–water partition coefficient (Wildman–Crippen LogP) is 4.49. The van der Waals surface area contributed by atoms with Gasteiger partial charge in [-0.05, 0) is 17.7 Å². The monoisotopic (exact) mass is 306 g/mol. The minimum absolute atomic E-state index is 0.0523. The number of rotatable bonds is 1. The van der Waals surface area contributed by atoms with Crippen molar-refractivity contribution in [3.05, 3.63) is 58.1 Å². The van der Waals surface area contributed by atoms with Crippen LogP contribution in [0.5, 0.6) is 0 Å². The van der Waals surface area contributed by atoms with Crippen molar-refractivity contribution >= 4 is 40.5 Å². The Morgan fingerprint density at radius 1 is 1.00 bits per heavy atom. The summed E-state index contributed by atoms with van der Waals surface area (Å²) in [5.41, 5.74) is 2.49. The highest BCUT2D eigenvalue weighted by Crippen LogP contribution is 2.37. The van der Waals surface area contributed by atoms with Gasteiger partial charge in [-0.25, -0.2) is 0 Å². The Bertz CT molecular complexity index is 658. The molecule has 2 aromatic rings. The first kappa shape index (κ1) is 13.3. The van der Waals surface area contributed by atoms with E-state index in [1.54, 1.807) is 12.1 Å². The minimum Gasteiger partial charge on any atom is -0.376 e. The van der Waals surface area contributed by atoms with E-state index in [-0.39, 0.29) is 11.9 Å². The number of carbonyl (C=O) groups is 1. The van der Waals surface area contributed by atoms with Crippen molar-refractivity contribution in [3.8, 4) is 0 Å². The van der Waals surface area contributed by atoms with Crippen LogP contribution in [0.2, 0.25) is 10.0 Å². The summed E-state index contributed by atoms with van der Waals surface area (Å²) >= 11 is 12.0. The molecular weight excluding hydrogens is 295 g/mol. The van der Waals surface area contributed by atoms with E-state index in [0.717, 1.165) is 11.3 Å². The third kappa shape index (κ3) is 2.60. The molecule has 2 N–H and O–H groups in total. The molecule has 0 radical (unpaired) electrons. The van der Waals surface area contributed by atoms with E-state index in [1.807, 2.05) is 30.3 Å². The van der Waals surface area contributed by atoms with Gasteiger partial charge >= 0.3 is 0 Å². The molecule has 0 spiro atoms. The van der Waals surface area contributed by atoms with Gasteiger partial charge in [-0.1, -0.05) is 53.5 Å². The summed E-state index contributed by atoms with van der Waals surface area (Å²) in [7, 11) is 0. The van der Waals surface area contributed by atoms with E-state index in [2.05, 4.69) is 10.6 Å². The van der Waals surface area contributed by atoms with Gasteiger partial charge in [0.2, 0.25) is 5.91 Å². The molecule has 0 aliphatic carbocycles. The quantitative estimate of drug-likeness (QED) is 0.815. The maximum absolute atomic E-state index is 12.0. The first-order valence-electron chi connectivity index (χ1n) is 6.24. The van der Waals surface area contributed by atoms with Gasteiger partial charge in [-0.15, -0.1) is 0 Å². The average molecular weight is 307 g/mol. The molecule has 2 aromatic carbocycles. The number of anilines is 2. The normalized spacial score (nSPS) is 17.7. The first-order valence-corrected chi connectivity index (χ1v) is 6.99. The second-order valence-corrected chi connectivity index (χ2v) is 5.49. The van der Waals surface area contributed by atoms with E-state index in [1.165, 1.54) is 0 Å². The van der Waals surface area contributed by atoms with Gasteiger partial charge < -0.3 is 10.6 Å². The van der Waals surface area contributed by atoms with Gasteiger partial charge in [0.15, 0.2) is 0 Å². The van der Waals surface area contributed by atoms with Gasteiger partial charge in [0, 0.05) is 0 Å². The van der Waals surface area contributed by atoms with Gasteiger partial charge in [0.25, 0.3) is 0 Å². The predicted molar refractivity (Wildman–Crippen MR) is 82.5 cm³/mol. The van der Waals surface area contributed by atoms with Gasteiger partial charge in [0.1, 0.15) is 0 Å². The second kappa shape index (κ2) is 5.35. The van der Waals surface area contributed by atoms with E-state index < -0.39 is 0 Å². The molecule has 0 unspecified atom stereocenters. The lowest BCUT2D eigenvalue weighted by molar-refractivity contribution is -0.116. The van der Waals surface area contributed by atoms with Crippen molar-refractivity contribution in [1.82, 2.24) is 0 Å². The fourth-order valence-electron chi connectivity index (χ4n) is 2.28. The van der Waals surface area contributed by atoms with Crippen LogP contribution in [0.25, 0.3) is 0 Å². The lowest BCUT2D eigenvalue weighted by Gasteiger charge is -2.17. The van der Waals surface area contributed by atoms with Crippen LogP contribution >= 0.6 is 23.2 Å². The molecular formula is C15H12Cl2N2O. The molecule has 5 heteroatoms. The number of hydrogen-bond acceptors (Lipinski definition) is 2. The van der Waals surface area contributed by atoms with Crippen molar-refractivity contribution in [2.24, 2.45) is 0 Å². The number of halogens is 2. The number of carbonyl (C=O) groups excluding carboxylic acids is 1. The molecule has 3 nitrogen and oxygen atoms in total. The minimum atomic E-state index is -0.0882. The topological polar surface area (TPSA) is 41.1 Å². The van der Waals surface area contributed by atoms with Gasteiger partial charge in [-0.3, -0.25) is 4.79 Å². The highest BCUT2D eigenvalue weighted by molar-refractivity contribution is 6.42. The van der Waals surface area contributed by atoms with Crippen LogP contribution in [0.3, 0.4) is 0 Å². The Morgan fingerprint density at radius 3 is 2.35 bits per heavy atom. The number of hydrogen-bond donors (Lipinski definition) is 2. The maximum atomic E-state index is 12.0. The Morgan fingerprint density at radius 2 is 1.65 bits per heavy atom. The van der Waals surface area contributed by atoms with Gasteiger partial charge in [-0.2, -0.15) is 0 Å². The maximum Gasteiger partial charge on any atom is 0.226 e. The van der Waals surface area contributed by atoms with Crippen LogP contribution < -0.4 is 10.6 Å². The molecule has 0 aromatic heterocycles. The van der Waals surface area contributed by atoms with Crippen LogP contribution in [0.4, 0.5) is 11.4 Å². The van der Waals surface area contributed by atoms with E-state index >= 15 is 0 Å². The highest BCUT2D eigenvalue weighted by atomic mass is 35.5. The van der Waals surface area contributed by atoms with Crippen molar-refractivity contribution in [2.45, 2.75) is 12.5 Å². The standard InChI is InChI=1S/C15H12Cl2N2O/c16-10-6-13-14(7-11(10)17)19-15(20)8-12(18-13)9-4-2-1-3-5-9/h1-7,12,18H,8H2,(H,19,20)/t12-/m1/s1. The Balaban J connectivity index is 2.01. The number of fused-ring (bicyclic) bond motifs is 1. The summed E-state index contributed by atoms with van der Waals surface area (Å²) in [6, 6.07) is 13.2. The van der Waals surface area contributed by atoms with Crippen molar-refractivity contribution in [3.63, 3.8) is 0 Å². The zero-order valence-electron chi connectivity index (χ0n) is 10.5. The Labute approximate surface area is 126 Å². The second-order valence-electron chi connectivity index (χ2n) is 4.67. The number of benzene rings is 2. The largest absolute Gasteiger partial charge is 0.376 e. The molecule has 0 fully saturated rings. The van der Waals surface area contributed by atoms with Crippen molar-refractivity contribution in [1.29, 1.82) is 0 Å². The third-order valence-electron chi connectivity index (χ3n) is 3.26. The van der Waals surface area contributed by atoms with Crippen LogP contribution in [0.15, 0.2) is 42.5 Å². The molecule has 102 valence electrons. The summed E-state index contributed by atoms with van der Waals surface area (Å²) in [6.45, 7) is 0. The lowest BCUT2D eigenvalue weighted by atomic mass is 10.0. The van der Waals surface area contributed by atoms with Crippen molar-refractivity contribution < 1.29 is 4.79 Å². The molecule has 1 aliphatic rings. The van der Waals surface area contributed by atoms with Crippen LogP contribution in [-0.4, -0.2) is 5.91 Å². The smallest absolute Gasteiger partial charge is 0.226 e. The Hall–Kier alpha value is -1.71. The molecule has 1 atom stereocenters. The van der Waals surface area contributed by atoms with Crippen LogP contribution in [0.1, 0.15) is 18.0 Å². The molecule has 20 heavy (non-hydrogen) atoms. The zero-order valence-corrected chi connectivity index (χ0v) is 12.0. The summed E-state index contributed by atoms with van der Waals surface area (Å²) in [4.78, 5) is 12.0. The highest BCUT2D eigenvalue weighted by Gasteiger charge is 2.22. The fraction of sp³-hybridized carbons (Fsp3) is 0.133. The molecule has 0 bridgehead atoms. The fourth-order valence-corrected chi connectivity index (χ4v) is 2.61. The van der Waals surface area contributed by atoms with Gasteiger partial charge in [0.05, 0.1) is 33.9 Å². The zero-order chi connectivity index (χ0) is 14.1. The van der Waals surface area contributed by atoms with Crippen LogP contribution in [-0.2, 0) is 4.79 Å². The summed E-state index contributed by atoms with van der Waals surface area (Å²) < 4.78 is 0. The molecule has 1 aliphatic heterocycles. The molecule has 0 saturated heterocycles. The van der Waals surface area contributed by atoms with E-state index in [9.17, 15) is 4.79 Å². The molecule has 1 heterocycles. The molecule has 0 saturated carbocycles. The lowest BCUT2D eigenvalue weighted by Crippen LogP contribution is -2.15. The number of nitrogens with one attached hydrogen (secondary N) is 2. The number of amides is 1. The summed E-state index contributed by atoms with van der Waals surface area (Å²) in [6.07, 6.45) is 0.355. The van der Waals surface area contributed by atoms with E-state index in [0.29, 0.717) is 22.2 Å². The summed E-state index contributed by atoms with van der Waals surface area (Å²) in [5.74, 6) is -0.0523. The SMILES string of the molecule is O=C1C[C@H](c2ccccc2)Nc2cc(Cl)c(Cl)cc2N1. The first-order chi connectivity index (χ1) is 9.63. The Kier molecular flexibility index (Phi) is 3.55. The molecule has 3 rings (SSSR count). The van der Waals surface area contributed by atoms with Crippen LogP contribution in [0, 0.1) is 0 Å². The van der Waals surface area contributed by atoms with Crippen molar-refractivity contribution in [2.75, 3.05) is 10.6 Å².